The van der Waals surface area contributed by atoms with Gasteiger partial charge < -0.3 is 9.88 Å². The molecule has 1 unspecified atom stereocenters. The molecule has 9 heteroatoms. The van der Waals surface area contributed by atoms with Crippen molar-refractivity contribution in [2.45, 2.75) is 71.6 Å². The van der Waals surface area contributed by atoms with Crippen LogP contribution in [-0.4, -0.2) is 25.6 Å². The largest absolute Gasteiger partial charge is 0.416 e. The highest BCUT2D eigenvalue weighted by Gasteiger charge is 2.30. The summed E-state index contributed by atoms with van der Waals surface area (Å²) < 4.78 is 41.6. The Labute approximate surface area is 225 Å². The number of hydrogen-bond acceptors (Lipinski definition) is 5. The minimum absolute atomic E-state index is 0.143. The van der Waals surface area contributed by atoms with Gasteiger partial charge >= 0.3 is 6.18 Å². The fraction of sp³-hybridized carbons (Fsp3) is 0.400. The monoisotopic (exact) mass is 532 g/mol. The highest BCUT2D eigenvalue weighted by molar-refractivity contribution is 5.92. The molecule has 1 atom stereocenters. The Balaban J connectivity index is 1.71. The van der Waals surface area contributed by atoms with Gasteiger partial charge in [0.15, 0.2) is 11.6 Å². The summed E-state index contributed by atoms with van der Waals surface area (Å²) in [5.74, 6) is 1.92. The number of nitrogens with one attached hydrogen (secondary N) is 1. The van der Waals surface area contributed by atoms with Crippen LogP contribution in [0.4, 0.5) is 19.0 Å². The minimum Gasteiger partial charge on any atom is -0.365 e. The number of pyridine rings is 2. The Kier molecular flexibility index (Phi) is 7.06. The molecular weight excluding hydrogens is 501 g/mol. The van der Waals surface area contributed by atoms with E-state index in [0.29, 0.717) is 51.1 Å². The first-order valence-electron chi connectivity index (χ1n) is 13.3. The van der Waals surface area contributed by atoms with E-state index < -0.39 is 11.7 Å². The third-order valence-corrected chi connectivity index (χ3v) is 7.75. The standard InChI is InChI=1S/C30H31F3N6/c1-17(2)22-12-13-35-24(14-22)29-38-26-18(3)25(15-34)37-28(36-19(4)21-6-5-7-21)27(26)39(29)16-20-8-10-23(11-9-20)30(31,32)33/h8-14,17,19,21H,5-7,16H2,1-4H3,(H,36,37). The van der Waals surface area contributed by atoms with Gasteiger partial charge in [-0.05, 0) is 73.9 Å². The first kappa shape index (κ1) is 26.7. The molecule has 1 aliphatic rings. The van der Waals surface area contributed by atoms with Crippen molar-refractivity contribution < 1.29 is 13.2 Å². The molecule has 0 aliphatic heterocycles. The molecule has 1 fully saturated rings. The Morgan fingerprint density at radius 3 is 2.41 bits per heavy atom. The second-order valence-corrected chi connectivity index (χ2v) is 10.7. The molecule has 6 nitrogen and oxygen atoms in total. The number of fused-ring (bicyclic) bond motifs is 1. The molecule has 0 bridgehead atoms. The molecule has 0 amide bonds. The average Bonchev–Trinajstić information content (AvgIpc) is 3.24. The Morgan fingerprint density at radius 2 is 1.82 bits per heavy atom. The van der Waals surface area contributed by atoms with Gasteiger partial charge in [0.2, 0.25) is 0 Å². The van der Waals surface area contributed by atoms with Crippen LogP contribution in [0.5, 0.6) is 0 Å². The van der Waals surface area contributed by atoms with Crippen molar-refractivity contribution in [3.8, 4) is 17.6 Å². The van der Waals surface area contributed by atoms with Crippen molar-refractivity contribution >= 4 is 16.9 Å². The number of aromatic nitrogens is 4. The van der Waals surface area contributed by atoms with Crippen LogP contribution in [0.15, 0.2) is 42.6 Å². The van der Waals surface area contributed by atoms with E-state index in [-0.39, 0.29) is 18.5 Å². The van der Waals surface area contributed by atoms with Gasteiger partial charge in [0.05, 0.1) is 11.1 Å². The van der Waals surface area contributed by atoms with Crippen LogP contribution in [0.2, 0.25) is 0 Å². The zero-order valence-corrected chi connectivity index (χ0v) is 22.5. The van der Waals surface area contributed by atoms with Gasteiger partial charge in [-0.15, -0.1) is 0 Å². The summed E-state index contributed by atoms with van der Waals surface area (Å²) in [5.41, 5.74) is 4.03. The summed E-state index contributed by atoms with van der Waals surface area (Å²) in [4.78, 5) is 14.3. The van der Waals surface area contributed by atoms with Gasteiger partial charge in [0, 0.05) is 24.3 Å². The number of halogens is 3. The highest BCUT2D eigenvalue weighted by Crippen LogP contribution is 2.36. The minimum atomic E-state index is -4.41. The second-order valence-electron chi connectivity index (χ2n) is 10.7. The molecule has 5 rings (SSSR count). The number of benzene rings is 1. The van der Waals surface area contributed by atoms with Crippen LogP contribution < -0.4 is 5.32 Å². The third-order valence-electron chi connectivity index (χ3n) is 7.75. The number of alkyl halides is 3. The zero-order valence-electron chi connectivity index (χ0n) is 22.5. The summed E-state index contributed by atoms with van der Waals surface area (Å²) in [6.45, 7) is 8.40. The summed E-state index contributed by atoms with van der Waals surface area (Å²) in [6, 6.07) is 11.5. The maximum absolute atomic E-state index is 13.2. The smallest absolute Gasteiger partial charge is 0.365 e. The van der Waals surface area contributed by atoms with E-state index in [0.717, 1.165) is 30.5 Å². The van der Waals surface area contributed by atoms with Crippen molar-refractivity contribution in [3.63, 3.8) is 0 Å². The number of hydrogen-bond donors (Lipinski definition) is 1. The van der Waals surface area contributed by atoms with Gasteiger partial charge in [-0.3, -0.25) is 4.98 Å². The zero-order chi connectivity index (χ0) is 27.9. The average molecular weight is 533 g/mol. The first-order valence-corrected chi connectivity index (χ1v) is 13.3. The molecule has 1 aliphatic carbocycles. The molecule has 0 spiro atoms. The fourth-order valence-electron chi connectivity index (χ4n) is 5.06. The number of nitrogens with zero attached hydrogens (tertiary/aromatic N) is 5. The predicted molar refractivity (Wildman–Crippen MR) is 145 cm³/mol. The molecule has 1 aromatic carbocycles. The van der Waals surface area contributed by atoms with Crippen LogP contribution in [-0.2, 0) is 12.7 Å². The van der Waals surface area contributed by atoms with Crippen molar-refractivity contribution in [1.29, 1.82) is 5.26 Å². The molecular formula is C30H31F3N6. The maximum Gasteiger partial charge on any atom is 0.416 e. The maximum atomic E-state index is 13.2. The van der Waals surface area contributed by atoms with E-state index in [2.05, 4.69) is 37.1 Å². The summed E-state index contributed by atoms with van der Waals surface area (Å²) in [5, 5.41) is 13.4. The first-order chi connectivity index (χ1) is 18.6. The van der Waals surface area contributed by atoms with Gasteiger partial charge in [0.1, 0.15) is 23.0 Å². The molecule has 0 saturated heterocycles. The van der Waals surface area contributed by atoms with E-state index in [9.17, 15) is 18.4 Å². The molecule has 1 saturated carbocycles. The number of imidazole rings is 1. The third kappa shape index (κ3) is 5.20. The predicted octanol–water partition coefficient (Wildman–Crippen LogP) is 7.46. The molecule has 3 aromatic heterocycles. The van der Waals surface area contributed by atoms with E-state index in [4.69, 9.17) is 9.97 Å². The Morgan fingerprint density at radius 1 is 1.10 bits per heavy atom. The van der Waals surface area contributed by atoms with E-state index in [1.165, 1.54) is 18.6 Å². The van der Waals surface area contributed by atoms with Crippen LogP contribution >= 0.6 is 0 Å². The molecule has 4 aromatic rings. The lowest BCUT2D eigenvalue weighted by Crippen LogP contribution is -2.31. The van der Waals surface area contributed by atoms with Gasteiger partial charge in [-0.25, -0.2) is 9.97 Å². The molecule has 1 N–H and O–H groups in total. The van der Waals surface area contributed by atoms with E-state index >= 15 is 0 Å². The van der Waals surface area contributed by atoms with Crippen molar-refractivity contribution in [2.24, 2.45) is 5.92 Å². The Bertz CT molecular complexity index is 1540. The molecule has 202 valence electrons. The second kappa shape index (κ2) is 10.3. The summed E-state index contributed by atoms with van der Waals surface area (Å²) in [6.07, 6.45) is 0.809. The van der Waals surface area contributed by atoms with Crippen molar-refractivity contribution in [1.82, 2.24) is 19.5 Å². The van der Waals surface area contributed by atoms with Gasteiger partial charge in [0.25, 0.3) is 0 Å². The number of aryl methyl sites for hydroxylation is 1. The van der Waals surface area contributed by atoms with Crippen LogP contribution in [0, 0.1) is 24.2 Å². The van der Waals surface area contributed by atoms with Crippen molar-refractivity contribution in [2.75, 3.05) is 5.32 Å². The van der Waals surface area contributed by atoms with E-state index in [1.807, 2.05) is 23.6 Å². The van der Waals surface area contributed by atoms with Crippen LogP contribution in [0.25, 0.3) is 22.6 Å². The van der Waals surface area contributed by atoms with E-state index in [1.54, 1.807) is 6.20 Å². The number of nitriles is 1. The number of anilines is 1. The topological polar surface area (TPSA) is 79.4 Å². The molecule has 39 heavy (non-hydrogen) atoms. The van der Waals surface area contributed by atoms with Gasteiger partial charge in [-0.2, -0.15) is 18.4 Å². The molecule has 0 radical (unpaired) electrons. The summed E-state index contributed by atoms with van der Waals surface area (Å²) in [7, 11) is 0. The van der Waals surface area contributed by atoms with Crippen LogP contribution in [0.3, 0.4) is 0 Å². The summed E-state index contributed by atoms with van der Waals surface area (Å²) >= 11 is 0. The lowest BCUT2D eigenvalue weighted by atomic mass is 9.80. The van der Waals surface area contributed by atoms with Crippen molar-refractivity contribution in [3.05, 3.63) is 70.5 Å². The highest BCUT2D eigenvalue weighted by atomic mass is 19.4. The SMILES string of the molecule is Cc1c(C#N)nc(NC(C)C2CCC2)c2c1nc(-c1cc(C(C)C)ccn1)n2Cc1ccc(C(F)(F)F)cc1. The molecule has 3 heterocycles. The van der Waals surface area contributed by atoms with Gasteiger partial charge in [-0.1, -0.05) is 32.4 Å². The number of rotatable bonds is 7. The fourth-order valence-corrected chi connectivity index (χ4v) is 5.06. The lowest BCUT2D eigenvalue weighted by molar-refractivity contribution is -0.137. The Hall–Kier alpha value is -3.93. The quantitative estimate of drug-likeness (QED) is 0.267. The lowest BCUT2D eigenvalue weighted by Gasteiger charge is -2.32. The van der Waals surface area contributed by atoms with Crippen LogP contribution in [0.1, 0.15) is 73.9 Å². The normalized spacial score (nSPS) is 14.8.